The van der Waals surface area contributed by atoms with E-state index >= 15 is 0 Å². The summed E-state index contributed by atoms with van der Waals surface area (Å²) in [6.07, 6.45) is 4.17. The van der Waals surface area contributed by atoms with Gasteiger partial charge in [0.2, 0.25) is 5.91 Å². The number of piperidine rings is 1. The highest BCUT2D eigenvalue weighted by molar-refractivity contribution is 5.79. The number of likely N-dealkylation sites (N-methyl/N-ethyl adjacent to an activating group) is 1. The lowest BCUT2D eigenvalue weighted by molar-refractivity contribution is -0.137. The van der Waals surface area contributed by atoms with E-state index in [1.54, 1.807) is 0 Å². The quantitative estimate of drug-likeness (QED) is 0.660. The van der Waals surface area contributed by atoms with Crippen LogP contribution in [0.4, 0.5) is 0 Å². The van der Waals surface area contributed by atoms with Crippen molar-refractivity contribution in [3.05, 3.63) is 17.5 Å². The van der Waals surface area contributed by atoms with Gasteiger partial charge in [-0.25, -0.2) is 0 Å². The van der Waals surface area contributed by atoms with Gasteiger partial charge in [-0.3, -0.25) is 14.6 Å². The summed E-state index contributed by atoms with van der Waals surface area (Å²) >= 11 is 0. The number of rotatable bonds is 9. The van der Waals surface area contributed by atoms with E-state index in [0.717, 1.165) is 56.8 Å². The van der Waals surface area contributed by atoms with Crippen LogP contribution in [0.1, 0.15) is 64.8 Å². The molecule has 0 N–H and O–H groups in total. The molecule has 1 aromatic heterocycles. The second-order valence-electron chi connectivity index (χ2n) is 8.17. The number of aryl methyl sites for hydroxylation is 1. The molecule has 0 saturated carbocycles. The fourth-order valence-corrected chi connectivity index (χ4v) is 3.97. The van der Waals surface area contributed by atoms with Gasteiger partial charge < -0.3 is 9.42 Å². The number of nitrogens with zero attached hydrogens (tertiary/aromatic N) is 4. The molecular weight excluding hydrogens is 340 g/mol. The lowest BCUT2D eigenvalue weighted by Crippen LogP contribution is -2.51. The Morgan fingerprint density at radius 1 is 1.26 bits per heavy atom. The molecule has 2 atom stereocenters. The van der Waals surface area contributed by atoms with Gasteiger partial charge in [-0.05, 0) is 53.5 Å². The molecule has 1 amide bonds. The van der Waals surface area contributed by atoms with Crippen LogP contribution in [-0.4, -0.2) is 70.6 Å². The first-order valence-corrected chi connectivity index (χ1v) is 10.5. The summed E-state index contributed by atoms with van der Waals surface area (Å²) in [6, 6.07) is 3.08. The molecule has 1 saturated heterocycles. The van der Waals surface area contributed by atoms with E-state index < -0.39 is 0 Å². The zero-order valence-corrected chi connectivity index (χ0v) is 18.1. The van der Waals surface area contributed by atoms with Crippen molar-refractivity contribution in [1.82, 2.24) is 19.9 Å². The second kappa shape index (κ2) is 10.2. The van der Waals surface area contributed by atoms with Crippen LogP contribution in [0.25, 0.3) is 0 Å². The van der Waals surface area contributed by atoms with E-state index in [9.17, 15) is 4.79 Å². The molecule has 27 heavy (non-hydrogen) atoms. The van der Waals surface area contributed by atoms with Gasteiger partial charge in [0.05, 0.1) is 18.8 Å². The predicted molar refractivity (Wildman–Crippen MR) is 109 cm³/mol. The van der Waals surface area contributed by atoms with Crippen LogP contribution in [0.3, 0.4) is 0 Å². The summed E-state index contributed by atoms with van der Waals surface area (Å²) in [5.74, 6) is 1.20. The van der Waals surface area contributed by atoms with Gasteiger partial charge in [-0.15, -0.1) is 0 Å². The van der Waals surface area contributed by atoms with Crippen molar-refractivity contribution in [3.8, 4) is 0 Å². The van der Waals surface area contributed by atoms with Crippen LogP contribution in [0, 0.1) is 6.92 Å². The van der Waals surface area contributed by atoms with Gasteiger partial charge in [0.15, 0.2) is 5.76 Å². The first-order valence-electron chi connectivity index (χ1n) is 10.5. The standard InChI is InChI=1S/C21H38N4O2/c1-7-17(4)25(18(5)8-2)21(26)15-23(6)19-9-11-24(12-10-19)14-20-13-16(3)22-27-20/h13,17-19H,7-12,14-15H2,1-6H3. The average Bonchev–Trinajstić information content (AvgIpc) is 3.06. The van der Waals surface area contributed by atoms with E-state index in [4.69, 9.17) is 4.52 Å². The smallest absolute Gasteiger partial charge is 0.237 e. The highest BCUT2D eigenvalue weighted by Gasteiger charge is 2.28. The van der Waals surface area contributed by atoms with Gasteiger partial charge in [-0.1, -0.05) is 19.0 Å². The topological polar surface area (TPSA) is 52.8 Å². The molecule has 1 aliphatic heterocycles. The summed E-state index contributed by atoms with van der Waals surface area (Å²) in [5.41, 5.74) is 0.935. The normalized spacial score (nSPS) is 18.6. The van der Waals surface area contributed by atoms with Crippen molar-refractivity contribution in [2.45, 2.75) is 85.0 Å². The van der Waals surface area contributed by atoms with Crippen molar-refractivity contribution in [2.24, 2.45) is 0 Å². The fourth-order valence-electron chi connectivity index (χ4n) is 3.97. The molecule has 0 spiro atoms. The van der Waals surface area contributed by atoms with Crippen LogP contribution in [0.2, 0.25) is 0 Å². The molecule has 2 unspecified atom stereocenters. The Balaban J connectivity index is 1.83. The van der Waals surface area contributed by atoms with E-state index in [1.165, 1.54) is 0 Å². The zero-order valence-electron chi connectivity index (χ0n) is 18.1. The molecule has 6 nitrogen and oxygen atoms in total. The minimum absolute atomic E-state index is 0.265. The number of hydrogen-bond acceptors (Lipinski definition) is 5. The SMILES string of the molecule is CCC(C)N(C(=O)CN(C)C1CCN(Cc2cc(C)no2)CC1)C(C)CC. The molecule has 154 valence electrons. The first-order chi connectivity index (χ1) is 12.8. The van der Waals surface area contributed by atoms with Crippen LogP contribution in [0.5, 0.6) is 0 Å². The van der Waals surface area contributed by atoms with Gasteiger partial charge in [0, 0.05) is 37.3 Å². The molecule has 0 aromatic carbocycles. The lowest BCUT2D eigenvalue weighted by Gasteiger charge is -2.39. The van der Waals surface area contributed by atoms with Crippen molar-refractivity contribution in [2.75, 3.05) is 26.7 Å². The van der Waals surface area contributed by atoms with Gasteiger partial charge >= 0.3 is 0 Å². The minimum Gasteiger partial charge on any atom is -0.360 e. The van der Waals surface area contributed by atoms with E-state index in [1.807, 2.05) is 13.0 Å². The molecule has 6 heteroatoms. The van der Waals surface area contributed by atoms with Crippen LogP contribution in [-0.2, 0) is 11.3 Å². The molecule has 2 heterocycles. The molecular formula is C21H38N4O2. The highest BCUT2D eigenvalue weighted by Crippen LogP contribution is 2.19. The maximum Gasteiger partial charge on any atom is 0.237 e. The van der Waals surface area contributed by atoms with Crippen molar-refractivity contribution >= 4 is 5.91 Å². The summed E-state index contributed by atoms with van der Waals surface area (Å²) in [7, 11) is 2.10. The molecule has 1 aliphatic rings. The summed E-state index contributed by atoms with van der Waals surface area (Å²) < 4.78 is 5.33. The van der Waals surface area contributed by atoms with Gasteiger partial charge in [0.25, 0.3) is 0 Å². The van der Waals surface area contributed by atoms with Crippen molar-refractivity contribution in [1.29, 1.82) is 0 Å². The monoisotopic (exact) mass is 378 g/mol. The second-order valence-corrected chi connectivity index (χ2v) is 8.17. The first kappa shape index (κ1) is 21.9. The number of likely N-dealkylation sites (tertiary alicyclic amines) is 1. The minimum atomic E-state index is 0.265. The van der Waals surface area contributed by atoms with Crippen molar-refractivity contribution < 1.29 is 9.32 Å². The Morgan fingerprint density at radius 3 is 2.33 bits per heavy atom. The molecule has 1 fully saturated rings. The van der Waals surface area contributed by atoms with E-state index in [-0.39, 0.29) is 5.91 Å². The molecule has 0 aliphatic carbocycles. The van der Waals surface area contributed by atoms with E-state index in [0.29, 0.717) is 24.7 Å². The van der Waals surface area contributed by atoms with Crippen LogP contribution in [0.15, 0.2) is 10.6 Å². The van der Waals surface area contributed by atoms with Crippen molar-refractivity contribution in [3.63, 3.8) is 0 Å². The Kier molecular flexibility index (Phi) is 8.29. The van der Waals surface area contributed by atoms with Gasteiger partial charge in [-0.2, -0.15) is 0 Å². The summed E-state index contributed by atoms with van der Waals surface area (Å²) in [6.45, 7) is 14.0. The fraction of sp³-hybridized carbons (Fsp3) is 0.810. The van der Waals surface area contributed by atoms with E-state index in [2.05, 4.69) is 54.6 Å². The number of hydrogen-bond donors (Lipinski definition) is 0. The Hall–Kier alpha value is -1.40. The maximum atomic E-state index is 13.0. The third kappa shape index (κ3) is 6.04. The molecule has 2 rings (SSSR count). The Labute approximate surface area is 164 Å². The molecule has 0 bridgehead atoms. The Bertz CT molecular complexity index is 570. The largest absolute Gasteiger partial charge is 0.360 e. The lowest BCUT2D eigenvalue weighted by atomic mass is 10.0. The maximum absolute atomic E-state index is 13.0. The summed E-state index contributed by atoms with van der Waals surface area (Å²) in [5, 5.41) is 3.96. The number of amides is 1. The third-order valence-corrected chi connectivity index (χ3v) is 6.04. The number of aromatic nitrogens is 1. The van der Waals surface area contributed by atoms with Crippen LogP contribution < -0.4 is 0 Å². The number of carbonyl (C=O) groups is 1. The summed E-state index contributed by atoms with van der Waals surface area (Å²) in [4.78, 5) is 19.7. The zero-order chi connectivity index (χ0) is 20.0. The Morgan fingerprint density at radius 2 is 1.85 bits per heavy atom. The number of carbonyl (C=O) groups excluding carboxylic acids is 1. The molecule has 0 radical (unpaired) electrons. The third-order valence-electron chi connectivity index (χ3n) is 6.04. The van der Waals surface area contributed by atoms with Gasteiger partial charge in [0.1, 0.15) is 0 Å². The highest BCUT2D eigenvalue weighted by atomic mass is 16.5. The van der Waals surface area contributed by atoms with Crippen LogP contribution >= 0.6 is 0 Å². The average molecular weight is 379 g/mol. The predicted octanol–water partition coefficient (Wildman–Crippen LogP) is 3.30. The molecule has 1 aromatic rings.